The van der Waals surface area contributed by atoms with Gasteiger partial charge in [-0.05, 0) is 35.9 Å². The van der Waals surface area contributed by atoms with Crippen molar-refractivity contribution in [2.45, 2.75) is 13.0 Å². The standard InChI is InChI=1S/C19H21BrN4O3S/c20-15-2-1-3-16(10-15)24-19(27)13-28-12-18(26)22-9-6-17(25)23-11-14-4-7-21-8-5-14/h1-5,7-8,10H,6,9,11-13H2,(H,22,26)(H,23,25)(H,24,27). The van der Waals surface area contributed by atoms with Crippen molar-refractivity contribution in [3.63, 3.8) is 0 Å². The van der Waals surface area contributed by atoms with Crippen LogP contribution in [0.25, 0.3) is 0 Å². The molecule has 0 fully saturated rings. The number of carbonyl (C=O) groups is 3. The predicted molar refractivity (Wildman–Crippen MR) is 114 cm³/mol. The molecule has 0 bridgehead atoms. The molecule has 0 saturated carbocycles. The Morgan fingerprint density at radius 3 is 2.46 bits per heavy atom. The third-order valence-corrected chi connectivity index (χ3v) is 4.91. The van der Waals surface area contributed by atoms with Crippen LogP contribution >= 0.6 is 27.7 Å². The van der Waals surface area contributed by atoms with Crippen LogP contribution in [0.5, 0.6) is 0 Å². The molecule has 1 aromatic carbocycles. The smallest absolute Gasteiger partial charge is 0.234 e. The van der Waals surface area contributed by atoms with Gasteiger partial charge in [-0.1, -0.05) is 22.0 Å². The highest BCUT2D eigenvalue weighted by Gasteiger charge is 2.07. The molecule has 0 saturated heterocycles. The molecule has 1 aromatic heterocycles. The van der Waals surface area contributed by atoms with Crippen molar-refractivity contribution in [3.05, 3.63) is 58.8 Å². The molecule has 2 aromatic rings. The molecule has 0 aliphatic heterocycles. The van der Waals surface area contributed by atoms with E-state index < -0.39 is 0 Å². The molecule has 2 rings (SSSR count). The maximum absolute atomic E-state index is 11.9. The fourth-order valence-corrected chi connectivity index (χ4v) is 3.20. The first kappa shape index (κ1) is 21.9. The van der Waals surface area contributed by atoms with Crippen molar-refractivity contribution in [1.29, 1.82) is 0 Å². The van der Waals surface area contributed by atoms with Gasteiger partial charge >= 0.3 is 0 Å². The Bertz CT molecular complexity index is 805. The average molecular weight is 465 g/mol. The molecule has 0 radical (unpaired) electrons. The van der Waals surface area contributed by atoms with Crippen molar-refractivity contribution >= 4 is 51.1 Å². The molecule has 0 atom stereocenters. The Kier molecular flexibility index (Phi) is 9.50. The minimum atomic E-state index is -0.206. The molecule has 0 unspecified atom stereocenters. The zero-order valence-corrected chi connectivity index (χ0v) is 17.5. The highest BCUT2D eigenvalue weighted by Crippen LogP contribution is 2.15. The number of hydrogen-bond acceptors (Lipinski definition) is 5. The maximum atomic E-state index is 11.9. The molecule has 3 N–H and O–H groups in total. The number of pyridine rings is 1. The number of halogens is 1. The van der Waals surface area contributed by atoms with Gasteiger partial charge in [0.05, 0.1) is 11.5 Å². The van der Waals surface area contributed by atoms with E-state index in [1.54, 1.807) is 24.5 Å². The number of carbonyl (C=O) groups excluding carboxylic acids is 3. The van der Waals surface area contributed by atoms with Crippen LogP contribution in [0.2, 0.25) is 0 Å². The zero-order valence-electron chi connectivity index (χ0n) is 15.1. The Hall–Kier alpha value is -2.39. The second-order valence-corrected chi connectivity index (χ2v) is 7.68. The molecular weight excluding hydrogens is 444 g/mol. The van der Waals surface area contributed by atoms with E-state index in [1.165, 1.54) is 11.8 Å². The van der Waals surface area contributed by atoms with Crippen LogP contribution in [0.1, 0.15) is 12.0 Å². The van der Waals surface area contributed by atoms with E-state index in [0.717, 1.165) is 10.0 Å². The largest absolute Gasteiger partial charge is 0.355 e. The number of rotatable bonds is 10. The van der Waals surface area contributed by atoms with Gasteiger partial charge in [-0.15, -0.1) is 11.8 Å². The fraction of sp³-hybridized carbons (Fsp3) is 0.263. The number of benzene rings is 1. The second kappa shape index (κ2) is 12.1. The van der Waals surface area contributed by atoms with Crippen LogP contribution in [0.3, 0.4) is 0 Å². The normalized spacial score (nSPS) is 10.2. The first-order valence-electron chi connectivity index (χ1n) is 8.58. The van der Waals surface area contributed by atoms with E-state index in [4.69, 9.17) is 0 Å². The number of thioether (sulfide) groups is 1. The second-order valence-electron chi connectivity index (χ2n) is 5.78. The number of nitrogens with zero attached hydrogens (tertiary/aromatic N) is 1. The maximum Gasteiger partial charge on any atom is 0.234 e. The summed E-state index contributed by atoms with van der Waals surface area (Å²) < 4.78 is 0.877. The number of amides is 3. The zero-order chi connectivity index (χ0) is 20.2. The lowest BCUT2D eigenvalue weighted by atomic mass is 10.2. The van der Waals surface area contributed by atoms with Gasteiger partial charge in [0.15, 0.2) is 0 Å². The van der Waals surface area contributed by atoms with Crippen molar-refractivity contribution in [3.8, 4) is 0 Å². The van der Waals surface area contributed by atoms with E-state index in [9.17, 15) is 14.4 Å². The summed E-state index contributed by atoms with van der Waals surface area (Å²) in [4.78, 5) is 39.3. The number of anilines is 1. The van der Waals surface area contributed by atoms with Crippen molar-refractivity contribution < 1.29 is 14.4 Å². The first-order chi connectivity index (χ1) is 13.5. The van der Waals surface area contributed by atoms with Gasteiger partial charge < -0.3 is 16.0 Å². The van der Waals surface area contributed by atoms with Gasteiger partial charge in [0, 0.05) is 42.1 Å². The number of hydrogen-bond donors (Lipinski definition) is 3. The molecule has 28 heavy (non-hydrogen) atoms. The summed E-state index contributed by atoms with van der Waals surface area (Å²) in [5.74, 6) is -0.191. The molecule has 3 amide bonds. The molecule has 7 nitrogen and oxygen atoms in total. The van der Waals surface area contributed by atoms with E-state index >= 15 is 0 Å². The summed E-state index contributed by atoms with van der Waals surface area (Å²) in [6, 6.07) is 10.9. The quantitative estimate of drug-likeness (QED) is 0.500. The Morgan fingerprint density at radius 1 is 0.964 bits per heavy atom. The van der Waals surface area contributed by atoms with Gasteiger partial charge in [-0.3, -0.25) is 19.4 Å². The highest BCUT2D eigenvalue weighted by molar-refractivity contribution is 9.10. The van der Waals surface area contributed by atoms with E-state index in [2.05, 4.69) is 36.9 Å². The molecule has 0 spiro atoms. The van der Waals surface area contributed by atoms with Gasteiger partial charge in [0.2, 0.25) is 17.7 Å². The summed E-state index contributed by atoms with van der Waals surface area (Å²) in [7, 11) is 0. The van der Waals surface area contributed by atoms with Gasteiger partial charge in [0.1, 0.15) is 0 Å². The van der Waals surface area contributed by atoms with Crippen LogP contribution in [0.15, 0.2) is 53.3 Å². The summed E-state index contributed by atoms with van der Waals surface area (Å²) >= 11 is 4.56. The highest BCUT2D eigenvalue weighted by atomic mass is 79.9. The number of aromatic nitrogens is 1. The summed E-state index contributed by atoms with van der Waals surface area (Å²) in [6.07, 6.45) is 3.53. The minimum Gasteiger partial charge on any atom is -0.355 e. The topological polar surface area (TPSA) is 100 Å². The van der Waals surface area contributed by atoms with Crippen LogP contribution in [0, 0.1) is 0 Å². The molecule has 0 aliphatic rings. The van der Waals surface area contributed by atoms with Crippen LogP contribution in [0.4, 0.5) is 5.69 Å². The van der Waals surface area contributed by atoms with Crippen LogP contribution in [-0.2, 0) is 20.9 Å². The Balaban J connectivity index is 1.53. The van der Waals surface area contributed by atoms with Crippen molar-refractivity contribution in [2.24, 2.45) is 0 Å². The number of nitrogens with one attached hydrogen (secondary N) is 3. The molecule has 9 heteroatoms. The average Bonchev–Trinajstić information content (AvgIpc) is 2.67. The van der Waals surface area contributed by atoms with E-state index in [0.29, 0.717) is 12.2 Å². The Labute approximate surface area is 176 Å². The van der Waals surface area contributed by atoms with Gasteiger partial charge in [-0.2, -0.15) is 0 Å². The fourth-order valence-electron chi connectivity index (χ4n) is 2.16. The van der Waals surface area contributed by atoms with Crippen LogP contribution in [-0.4, -0.2) is 40.8 Å². The third kappa shape index (κ3) is 9.01. The summed E-state index contributed by atoms with van der Waals surface area (Å²) in [5, 5.41) is 8.22. The third-order valence-electron chi connectivity index (χ3n) is 3.49. The Morgan fingerprint density at radius 2 is 1.71 bits per heavy atom. The first-order valence-corrected chi connectivity index (χ1v) is 10.5. The lowest BCUT2D eigenvalue weighted by molar-refractivity contribution is -0.121. The van der Waals surface area contributed by atoms with E-state index in [1.807, 2.05) is 24.3 Å². The molecular formula is C19H21BrN4O3S. The molecule has 1 heterocycles. The summed E-state index contributed by atoms with van der Waals surface area (Å²) in [6.45, 7) is 0.685. The van der Waals surface area contributed by atoms with Gasteiger partial charge in [0.25, 0.3) is 0 Å². The van der Waals surface area contributed by atoms with E-state index in [-0.39, 0.29) is 42.2 Å². The monoisotopic (exact) mass is 464 g/mol. The molecule has 0 aliphatic carbocycles. The minimum absolute atomic E-state index is 0.141. The van der Waals surface area contributed by atoms with Crippen LogP contribution < -0.4 is 16.0 Å². The lowest BCUT2D eigenvalue weighted by Crippen LogP contribution is -2.31. The summed E-state index contributed by atoms with van der Waals surface area (Å²) in [5.41, 5.74) is 1.66. The van der Waals surface area contributed by atoms with Crippen molar-refractivity contribution in [1.82, 2.24) is 15.6 Å². The lowest BCUT2D eigenvalue weighted by Gasteiger charge is -2.07. The van der Waals surface area contributed by atoms with Gasteiger partial charge in [-0.25, -0.2) is 0 Å². The molecule has 148 valence electrons. The van der Waals surface area contributed by atoms with Crippen molar-refractivity contribution in [2.75, 3.05) is 23.4 Å². The predicted octanol–water partition coefficient (Wildman–Crippen LogP) is 2.34. The SMILES string of the molecule is O=C(CCNC(=O)CSCC(=O)Nc1cccc(Br)c1)NCc1ccncc1.